The monoisotopic (exact) mass is 331 g/mol. The van der Waals surface area contributed by atoms with Crippen molar-refractivity contribution in [2.75, 3.05) is 32.1 Å². The molecule has 0 aliphatic rings. The summed E-state index contributed by atoms with van der Waals surface area (Å²) >= 11 is 0. The number of hydrogen-bond acceptors (Lipinski definition) is 5. The Labute approximate surface area is 142 Å². The molecule has 0 saturated heterocycles. The van der Waals surface area contributed by atoms with Gasteiger partial charge in [0, 0.05) is 25.6 Å². The molecule has 0 radical (unpaired) electrons. The molecule has 6 heteroatoms. The van der Waals surface area contributed by atoms with Crippen molar-refractivity contribution in [2.24, 2.45) is 0 Å². The van der Waals surface area contributed by atoms with Gasteiger partial charge in [0.15, 0.2) is 5.82 Å². The van der Waals surface area contributed by atoms with Gasteiger partial charge in [0.2, 0.25) is 5.91 Å². The van der Waals surface area contributed by atoms with Crippen molar-refractivity contribution in [3.05, 3.63) is 41.2 Å². The maximum atomic E-state index is 11.8. The third kappa shape index (κ3) is 6.04. The van der Waals surface area contributed by atoms with Crippen LogP contribution < -0.4 is 10.1 Å². The van der Waals surface area contributed by atoms with Gasteiger partial charge in [0.05, 0.1) is 0 Å². The third-order valence-electron chi connectivity index (χ3n) is 3.55. The zero-order valence-corrected chi connectivity index (χ0v) is 14.8. The molecule has 0 atom stereocenters. The van der Waals surface area contributed by atoms with Crippen LogP contribution in [-0.2, 0) is 4.79 Å². The summed E-state index contributed by atoms with van der Waals surface area (Å²) in [5.41, 5.74) is 2.39. The first-order chi connectivity index (χ1) is 11.4. The second kappa shape index (κ2) is 8.49. The van der Waals surface area contributed by atoms with Crippen molar-refractivity contribution in [3.63, 3.8) is 0 Å². The number of anilines is 1. The molecule has 0 unspecified atom stereocenters. The Kier molecular flexibility index (Phi) is 6.37. The van der Waals surface area contributed by atoms with E-state index < -0.39 is 0 Å². The SMILES string of the molecule is Cc1cc(C)cc(OCCN(C)CCC(=O)Nc2cc(C)on2)c1. The first kappa shape index (κ1) is 18.0. The number of amides is 1. The number of carbonyl (C=O) groups excluding carboxylic acids is 1. The summed E-state index contributed by atoms with van der Waals surface area (Å²) in [6.45, 7) is 7.89. The molecule has 2 aromatic rings. The summed E-state index contributed by atoms with van der Waals surface area (Å²) in [6.07, 6.45) is 0.395. The average molecular weight is 331 g/mol. The molecule has 24 heavy (non-hydrogen) atoms. The van der Waals surface area contributed by atoms with Gasteiger partial charge in [0.25, 0.3) is 0 Å². The highest BCUT2D eigenvalue weighted by Crippen LogP contribution is 2.16. The van der Waals surface area contributed by atoms with Crippen LogP contribution in [-0.4, -0.2) is 42.7 Å². The lowest BCUT2D eigenvalue weighted by atomic mass is 10.1. The van der Waals surface area contributed by atoms with Crippen LogP contribution in [0.4, 0.5) is 5.82 Å². The quantitative estimate of drug-likeness (QED) is 0.805. The van der Waals surface area contributed by atoms with Crippen LogP contribution in [0.2, 0.25) is 0 Å². The minimum atomic E-state index is -0.0784. The fourth-order valence-electron chi connectivity index (χ4n) is 2.37. The van der Waals surface area contributed by atoms with Gasteiger partial charge in [-0.05, 0) is 51.1 Å². The summed E-state index contributed by atoms with van der Waals surface area (Å²) in [5.74, 6) is 1.94. The van der Waals surface area contributed by atoms with Gasteiger partial charge in [-0.2, -0.15) is 0 Å². The highest BCUT2D eigenvalue weighted by molar-refractivity contribution is 5.89. The highest BCUT2D eigenvalue weighted by atomic mass is 16.5. The fraction of sp³-hybridized carbons (Fsp3) is 0.444. The van der Waals surface area contributed by atoms with Gasteiger partial charge in [-0.1, -0.05) is 11.2 Å². The van der Waals surface area contributed by atoms with Crippen molar-refractivity contribution in [2.45, 2.75) is 27.2 Å². The number of rotatable bonds is 8. The number of ether oxygens (including phenoxy) is 1. The zero-order chi connectivity index (χ0) is 17.5. The van der Waals surface area contributed by atoms with Gasteiger partial charge >= 0.3 is 0 Å². The Morgan fingerprint density at radius 3 is 2.50 bits per heavy atom. The molecule has 0 fully saturated rings. The van der Waals surface area contributed by atoms with E-state index in [-0.39, 0.29) is 5.91 Å². The molecule has 0 saturated carbocycles. The fourth-order valence-corrected chi connectivity index (χ4v) is 2.37. The summed E-state index contributed by atoms with van der Waals surface area (Å²) in [7, 11) is 1.97. The largest absolute Gasteiger partial charge is 0.492 e. The Hall–Kier alpha value is -2.34. The van der Waals surface area contributed by atoms with Gasteiger partial charge in [0.1, 0.15) is 18.1 Å². The number of likely N-dealkylation sites (N-methyl/N-ethyl adjacent to an activating group) is 1. The summed E-state index contributed by atoms with van der Waals surface area (Å²) < 4.78 is 10.7. The lowest BCUT2D eigenvalue weighted by molar-refractivity contribution is -0.116. The molecule has 0 aliphatic carbocycles. The van der Waals surface area contributed by atoms with Gasteiger partial charge in [-0.3, -0.25) is 4.79 Å². The Balaban J connectivity index is 1.65. The van der Waals surface area contributed by atoms with Crippen molar-refractivity contribution in [1.82, 2.24) is 10.1 Å². The van der Waals surface area contributed by atoms with Crippen LogP contribution in [0.1, 0.15) is 23.3 Å². The van der Waals surface area contributed by atoms with Crippen molar-refractivity contribution < 1.29 is 14.1 Å². The van der Waals surface area contributed by atoms with E-state index in [1.54, 1.807) is 13.0 Å². The van der Waals surface area contributed by atoms with E-state index in [1.807, 2.05) is 19.2 Å². The van der Waals surface area contributed by atoms with E-state index in [4.69, 9.17) is 9.26 Å². The number of nitrogens with one attached hydrogen (secondary N) is 1. The molecule has 1 heterocycles. The molecular weight excluding hydrogens is 306 g/mol. The molecule has 0 aliphatic heterocycles. The highest BCUT2D eigenvalue weighted by Gasteiger charge is 2.08. The van der Waals surface area contributed by atoms with Crippen LogP contribution in [0.3, 0.4) is 0 Å². The lowest BCUT2D eigenvalue weighted by Crippen LogP contribution is -2.28. The number of nitrogens with zero attached hydrogens (tertiary/aromatic N) is 2. The van der Waals surface area contributed by atoms with Crippen LogP contribution in [0.25, 0.3) is 0 Å². The Morgan fingerprint density at radius 2 is 1.88 bits per heavy atom. The van der Waals surface area contributed by atoms with E-state index in [0.29, 0.717) is 31.2 Å². The molecule has 2 rings (SSSR count). The number of hydrogen-bond donors (Lipinski definition) is 1. The molecular formula is C18H25N3O3. The van der Waals surface area contributed by atoms with Gasteiger partial charge in [-0.25, -0.2) is 0 Å². The van der Waals surface area contributed by atoms with Crippen molar-refractivity contribution in [1.29, 1.82) is 0 Å². The van der Waals surface area contributed by atoms with Crippen LogP contribution in [0.15, 0.2) is 28.8 Å². The zero-order valence-electron chi connectivity index (χ0n) is 14.8. The lowest BCUT2D eigenvalue weighted by Gasteiger charge is -2.16. The topological polar surface area (TPSA) is 67.6 Å². The summed E-state index contributed by atoms with van der Waals surface area (Å²) in [5, 5.41) is 6.45. The van der Waals surface area contributed by atoms with Gasteiger partial charge < -0.3 is 19.5 Å². The van der Waals surface area contributed by atoms with E-state index >= 15 is 0 Å². The summed E-state index contributed by atoms with van der Waals surface area (Å²) in [4.78, 5) is 13.9. The predicted octanol–water partition coefficient (Wildman–Crippen LogP) is 2.94. The van der Waals surface area contributed by atoms with Crippen molar-refractivity contribution >= 4 is 11.7 Å². The molecule has 1 N–H and O–H groups in total. The minimum Gasteiger partial charge on any atom is -0.492 e. The number of aryl methyl sites for hydroxylation is 3. The average Bonchev–Trinajstić information content (AvgIpc) is 2.89. The maximum Gasteiger partial charge on any atom is 0.226 e. The van der Waals surface area contributed by atoms with Gasteiger partial charge in [-0.15, -0.1) is 0 Å². The standard InChI is InChI=1S/C18H25N3O3/c1-13-9-14(2)11-16(10-13)23-8-7-21(4)6-5-18(22)19-17-12-15(3)24-20-17/h9-12H,5-8H2,1-4H3,(H,19,20,22). The first-order valence-electron chi connectivity index (χ1n) is 8.05. The Morgan fingerprint density at radius 1 is 1.17 bits per heavy atom. The normalized spacial score (nSPS) is 10.9. The predicted molar refractivity (Wildman–Crippen MR) is 93.4 cm³/mol. The molecule has 6 nitrogen and oxygen atoms in total. The molecule has 1 aromatic carbocycles. The summed E-state index contributed by atoms with van der Waals surface area (Å²) in [6, 6.07) is 7.87. The van der Waals surface area contributed by atoms with E-state index in [1.165, 1.54) is 11.1 Å². The van der Waals surface area contributed by atoms with Crippen LogP contribution in [0.5, 0.6) is 5.75 Å². The van der Waals surface area contributed by atoms with Crippen LogP contribution >= 0.6 is 0 Å². The smallest absolute Gasteiger partial charge is 0.226 e. The number of benzene rings is 1. The Bertz CT molecular complexity index is 662. The molecule has 130 valence electrons. The van der Waals surface area contributed by atoms with Crippen molar-refractivity contribution in [3.8, 4) is 5.75 Å². The maximum absolute atomic E-state index is 11.8. The number of aromatic nitrogens is 1. The second-order valence-corrected chi connectivity index (χ2v) is 6.10. The second-order valence-electron chi connectivity index (χ2n) is 6.10. The molecule has 1 amide bonds. The number of carbonyl (C=O) groups is 1. The minimum absolute atomic E-state index is 0.0784. The van der Waals surface area contributed by atoms with Crippen LogP contribution in [0, 0.1) is 20.8 Å². The van der Waals surface area contributed by atoms with E-state index in [9.17, 15) is 4.79 Å². The third-order valence-corrected chi connectivity index (χ3v) is 3.55. The molecule has 0 spiro atoms. The molecule has 0 bridgehead atoms. The first-order valence-corrected chi connectivity index (χ1v) is 8.05. The van der Waals surface area contributed by atoms with E-state index in [0.717, 1.165) is 12.3 Å². The molecule has 1 aromatic heterocycles. The van der Waals surface area contributed by atoms with E-state index in [2.05, 4.69) is 35.3 Å².